The van der Waals surface area contributed by atoms with Crippen molar-refractivity contribution in [1.29, 1.82) is 0 Å². The summed E-state index contributed by atoms with van der Waals surface area (Å²) in [6.45, 7) is 0.236. The van der Waals surface area contributed by atoms with Gasteiger partial charge in [0.1, 0.15) is 0 Å². The predicted molar refractivity (Wildman–Crippen MR) is 122 cm³/mol. The Balaban J connectivity index is 1.63. The Hall–Kier alpha value is -2.97. The van der Waals surface area contributed by atoms with Crippen LogP contribution in [0, 0.1) is 0 Å². The van der Waals surface area contributed by atoms with E-state index in [2.05, 4.69) is 0 Å². The SMILES string of the molecule is O=C1CSC2(C(=O)N(Cc3ccc(Cl)cc3)c3ccccc32)N1c1cccc(C(F)(F)F)c1. The van der Waals surface area contributed by atoms with Gasteiger partial charge in [-0.05, 0) is 42.0 Å². The lowest BCUT2D eigenvalue weighted by atomic mass is 10.0. The van der Waals surface area contributed by atoms with Crippen LogP contribution < -0.4 is 9.80 Å². The number of carbonyl (C=O) groups excluding carboxylic acids is 2. The summed E-state index contributed by atoms with van der Waals surface area (Å²) in [7, 11) is 0. The lowest BCUT2D eigenvalue weighted by molar-refractivity contribution is -0.137. The Bertz CT molecular complexity index is 1270. The fourth-order valence-corrected chi connectivity index (χ4v) is 5.79. The van der Waals surface area contributed by atoms with Crippen LogP contribution >= 0.6 is 23.4 Å². The number of hydrogen-bond donors (Lipinski definition) is 0. The van der Waals surface area contributed by atoms with Gasteiger partial charge in [-0.2, -0.15) is 13.2 Å². The van der Waals surface area contributed by atoms with Crippen LogP contribution in [0.5, 0.6) is 0 Å². The third kappa shape index (κ3) is 3.48. The molecular formula is C24H16ClF3N2O2S. The zero-order valence-corrected chi connectivity index (χ0v) is 18.5. The molecule has 0 N–H and O–H groups in total. The highest BCUT2D eigenvalue weighted by Gasteiger charge is 2.61. The molecule has 0 radical (unpaired) electrons. The Morgan fingerprint density at radius 1 is 0.970 bits per heavy atom. The van der Waals surface area contributed by atoms with Crippen molar-refractivity contribution >= 4 is 46.6 Å². The number of anilines is 2. The molecule has 33 heavy (non-hydrogen) atoms. The van der Waals surface area contributed by atoms with E-state index in [1.807, 2.05) is 0 Å². The van der Waals surface area contributed by atoms with E-state index in [1.54, 1.807) is 53.4 Å². The molecule has 168 valence electrons. The van der Waals surface area contributed by atoms with Gasteiger partial charge in [-0.15, -0.1) is 11.8 Å². The highest BCUT2D eigenvalue weighted by molar-refractivity contribution is 8.02. The summed E-state index contributed by atoms with van der Waals surface area (Å²) in [6.07, 6.45) is -4.57. The molecule has 1 saturated heterocycles. The van der Waals surface area contributed by atoms with Crippen LogP contribution in [0.2, 0.25) is 5.02 Å². The van der Waals surface area contributed by atoms with Gasteiger partial charge >= 0.3 is 6.18 Å². The zero-order chi connectivity index (χ0) is 23.4. The first-order chi connectivity index (χ1) is 15.7. The molecule has 3 aromatic carbocycles. The van der Waals surface area contributed by atoms with E-state index in [0.717, 1.165) is 29.5 Å². The number of carbonyl (C=O) groups is 2. The summed E-state index contributed by atoms with van der Waals surface area (Å²) >= 11 is 7.10. The van der Waals surface area contributed by atoms with Crippen molar-refractivity contribution in [3.63, 3.8) is 0 Å². The molecule has 0 bridgehead atoms. The van der Waals surface area contributed by atoms with Gasteiger partial charge in [0.05, 0.1) is 23.5 Å². The van der Waals surface area contributed by atoms with Crippen molar-refractivity contribution in [2.75, 3.05) is 15.6 Å². The predicted octanol–water partition coefficient (Wildman–Crippen LogP) is 5.84. The molecule has 4 nitrogen and oxygen atoms in total. The van der Waals surface area contributed by atoms with Crippen molar-refractivity contribution in [2.45, 2.75) is 17.6 Å². The van der Waals surface area contributed by atoms with Crippen molar-refractivity contribution in [1.82, 2.24) is 0 Å². The first-order valence-corrected chi connectivity index (χ1v) is 11.4. The molecule has 1 unspecified atom stereocenters. The molecule has 0 saturated carbocycles. The standard InChI is InChI=1S/C24H16ClF3N2O2S/c25-17-10-8-15(9-11-17)13-29-20-7-2-1-6-19(20)23(22(29)32)30(21(31)14-33-23)18-5-3-4-16(12-18)24(26,27)28/h1-12H,13-14H2. The Labute approximate surface area is 196 Å². The van der Waals surface area contributed by atoms with Gasteiger partial charge in [0.2, 0.25) is 10.8 Å². The average Bonchev–Trinajstić information content (AvgIpc) is 3.26. The maximum atomic E-state index is 13.9. The largest absolute Gasteiger partial charge is 0.416 e. The van der Waals surface area contributed by atoms with Gasteiger partial charge < -0.3 is 4.90 Å². The fourth-order valence-electron chi connectivity index (χ4n) is 4.31. The van der Waals surface area contributed by atoms with Gasteiger partial charge in [-0.3, -0.25) is 14.5 Å². The average molecular weight is 489 g/mol. The smallest absolute Gasteiger partial charge is 0.304 e. The normalized spacial score (nSPS) is 20.1. The van der Waals surface area contributed by atoms with Gasteiger partial charge in [0, 0.05) is 16.3 Å². The summed E-state index contributed by atoms with van der Waals surface area (Å²) in [5.74, 6) is -0.812. The number of rotatable bonds is 3. The molecular weight excluding hydrogens is 473 g/mol. The Kier molecular flexibility index (Phi) is 5.17. The van der Waals surface area contributed by atoms with Crippen LogP contribution in [0.3, 0.4) is 0 Å². The topological polar surface area (TPSA) is 40.6 Å². The molecule has 0 aliphatic carbocycles. The van der Waals surface area contributed by atoms with Gasteiger partial charge in [0.15, 0.2) is 0 Å². The molecule has 2 aliphatic heterocycles. The lowest BCUT2D eigenvalue weighted by Crippen LogP contribution is -2.49. The van der Waals surface area contributed by atoms with Crippen LogP contribution in [0.25, 0.3) is 0 Å². The summed E-state index contributed by atoms with van der Waals surface area (Å²) in [4.78, 5) is 28.2. The van der Waals surface area contributed by atoms with E-state index >= 15 is 0 Å². The number of hydrogen-bond acceptors (Lipinski definition) is 3. The molecule has 2 amide bonds. The van der Waals surface area contributed by atoms with Crippen LogP contribution in [0.15, 0.2) is 72.8 Å². The van der Waals surface area contributed by atoms with Crippen LogP contribution in [-0.4, -0.2) is 17.6 Å². The second-order valence-electron chi connectivity index (χ2n) is 7.74. The molecule has 2 heterocycles. The highest BCUT2D eigenvalue weighted by atomic mass is 35.5. The third-order valence-corrected chi connectivity index (χ3v) is 7.39. The molecule has 9 heteroatoms. The Morgan fingerprint density at radius 3 is 2.42 bits per heavy atom. The number of halogens is 4. The second-order valence-corrected chi connectivity index (χ2v) is 9.35. The monoisotopic (exact) mass is 488 g/mol. The maximum absolute atomic E-state index is 13.9. The molecule has 5 rings (SSSR count). The number of alkyl halides is 3. The number of fused-ring (bicyclic) bond motifs is 2. The van der Waals surface area contributed by atoms with E-state index < -0.39 is 22.5 Å². The zero-order valence-electron chi connectivity index (χ0n) is 17.0. The van der Waals surface area contributed by atoms with Crippen molar-refractivity contribution in [2.24, 2.45) is 0 Å². The molecule has 2 aliphatic rings. The van der Waals surface area contributed by atoms with E-state index in [9.17, 15) is 22.8 Å². The number of para-hydroxylation sites is 1. The van der Waals surface area contributed by atoms with Crippen LogP contribution in [0.1, 0.15) is 16.7 Å². The van der Waals surface area contributed by atoms with Gasteiger partial charge in [0.25, 0.3) is 5.91 Å². The highest BCUT2D eigenvalue weighted by Crippen LogP contribution is 2.56. The summed E-state index contributed by atoms with van der Waals surface area (Å²) in [5, 5.41) is 0.566. The van der Waals surface area contributed by atoms with Gasteiger partial charge in [-0.25, -0.2) is 0 Å². The van der Waals surface area contributed by atoms with Gasteiger partial charge in [-0.1, -0.05) is 48.0 Å². The maximum Gasteiger partial charge on any atom is 0.416 e. The molecule has 1 fully saturated rings. The van der Waals surface area contributed by atoms with Crippen molar-refractivity contribution < 1.29 is 22.8 Å². The minimum atomic E-state index is -4.57. The summed E-state index contributed by atoms with van der Waals surface area (Å²) in [6, 6.07) is 18.7. The van der Waals surface area contributed by atoms with E-state index in [4.69, 9.17) is 11.6 Å². The number of nitrogens with zero attached hydrogens (tertiary/aromatic N) is 2. The fraction of sp³-hybridized carbons (Fsp3) is 0.167. The first kappa shape index (κ1) is 21.9. The number of thioether (sulfide) groups is 1. The minimum Gasteiger partial charge on any atom is -0.304 e. The lowest BCUT2D eigenvalue weighted by Gasteiger charge is -2.33. The van der Waals surface area contributed by atoms with E-state index in [-0.39, 0.29) is 23.9 Å². The molecule has 1 atom stereocenters. The van der Waals surface area contributed by atoms with E-state index in [0.29, 0.717) is 16.3 Å². The number of amides is 2. The third-order valence-electron chi connectivity index (χ3n) is 5.75. The van der Waals surface area contributed by atoms with Crippen molar-refractivity contribution in [3.8, 4) is 0 Å². The second kappa shape index (κ2) is 7.81. The van der Waals surface area contributed by atoms with Crippen LogP contribution in [0.4, 0.5) is 24.5 Å². The quantitative estimate of drug-likeness (QED) is 0.465. The van der Waals surface area contributed by atoms with Crippen molar-refractivity contribution in [3.05, 3.63) is 94.5 Å². The first-order valence-electron chi connectivity index (χ1n) is 10.0. The Morgan fingerprint density at radius 2 is 1.70 bits per heavy atom. The summed E-state index contributed by atoms with van der Waals surface area (Å²) in [5.41, 5.74) is 1.20. The van der Waals surface area contributed by atoms with Crippen LogP contribution in [-0.2, 0) is 27.2 Å². The number of benzene rings is 3. The molecule has 0 aromatic heterocycles. The van der Waals surface area contributed by atoms with E-state index in [1.165, 1.54) is 17.0 Å². The molecule has 3 aromatic rings. The molecule has 1 spiro atoms. The minimum absolute atomic E-state index is 0.0227. The summed E-state index contributed by atoms with van der Waals surface area (Å²) < 4.78 is 40.1.